The molecule has 3 aromatic carbocycles. The quantitative estimate of drug-likeness (QED) is 0.135. The van der Waals surface area contributed by atoms with Crippen LogP contribution in [0.1, 0.15) is 118 Å². The van der Waals surface area contributed by atoms with Crippen molar-refractivity contribution in [3.05, 3.63) is 65.7 Å². The monoisotopic (exact) mass is 528 g/mol. The third kappa shape index (κ3) is 7.40. The lowest BCUT2D eigenvalue weighted by Gasteiger charge is -2.28. The number of hydrogen-bond donors (Lipinski definition) is 2. The number of imide groups is 1. The third-order valence-electron chi connectivity index (χ3n) is 7.84. The maximum absolute atomic E-state index is 13.3. The SMILES string of the molecule is CCCCCCCCCCCCCCCCNc1ccc2c3c(cccc13)C(=O)N(c1cccc(O)c1)C2=O. The standard InChI is InChI=1S/C34H44N2O3/c1-2-3-4-5-6-7-8-9-10-11-12-13-14-15-24-35-31-23-22-30-32-28(31)20-17-21-29(32)33(38)36(34(30)39)26-18-16-19-27(37)25-26/h16-23,25,35,37H,2-15,24H2,1H3. The molecule has 1 aliphatic rings. The van der Waals surface area contributed by atoms with Crippen LogP contribution >= 0.6 is 0 Å². The van der Waals surface area contributed by atoms with E-state index in [1.165, 1.54) is 95.6 Å². The fourth-order valence-corrected chi connectivity index (χ4v) is 5.66. The van der Waals surface area contributed by atoms with E-state index < -0.39 is 0 Å². The van der Waals surface area contributed by atoms with Crippen LogP contribution in [0.2, 0.25) is 0 Å². The summed E-state index contributed by atoms with van der Waals surface area (Å²) in [6.45, 7) is 3.14. The van der Waals surface area contributed by atoms with Crippen molar-refractivity contribution in [1.82, 2.24) is 0 Å². The molecule has 0 saturated heterocycles. The molecule has 5 nitrogen and oxygen atoms in total. The largest absolute Gasteiger partial charge is 0.508 e. The van der Waals surface area contributed by atoms with Crippen molar-refractivity contribution in [2.24, 2.45) is 0 Å². The summed E-state index contributed by atoms with van der Waals surface area (Å²) >= 11 is 0. The molecule has 2 amide bonds. The van der Waals surface area contributed by atoms with Crippen molar-refractivity contribution in [3.63, 3.8) is 0 Å². The van der Waals surface area contributed by atoms with Gasteiger partial charge >= 0.3 is 0 Å². The van der Waals surface area contributed by atoms with Gasteiger partial charge in [-0.3, -0.25) is 9.59 Å². The number of carbonyl (C=O) groups excluding carboxylic acids is 2. The molecule has 39 heavy (non-hydrogen) atoms. The zero-order valence-corrected chi connectivity index (χ0v) is 23.5. The first kappa shape index (κ1) is 28.7. The molecule has 0 radical (unpaired) electrons. The number of nitrogens with one attached hydrogen (secondary N) is 1. The average molecular weight is 529 g/mol. The molecule has 0 spiro atoms. The van der Waals surface area contributed by atoms with Crippen LogP contribution in [0, 0.1) is 0 Å². The molecule has 0 aromatic heterocycles. The normalized spacial score (nSPS) is 12.9. The molecule has 1 aliphatic heterocycles. The number of hydrogen-bond acceptors (Lipinski definition) is 4. The second-order valence-corrected chi connectivity index (χ2v) is 10.9. The van der Waals surface area contributed by atoms with Crippen LogP contribution in [0.5, 0.6) is 5.75 Å². The summed E-state index contributed by atoms with van der Waals surface area (Å²) in [5.41, 5.74) is 2.33. The van der Waals surface area contributed by atoms with Crippen molar-refractivity contribution < 1.29 is 14.7 Å². The number of amides is 2. The summed E-state index contributed by atoms with van der Waals surface area (Å²) in [6.07, 6.45) is 18.8. The Hall–Kier alpha value is -3.34. The molecular weight excluding hydrogens is 484 g/mol. The van der Waals surface area contributed by atoms with E-state index in [0.29, 0.717) is 22.2 Å². The number of aromatic hydroxyl groups is 1. The molecule has 0 saturated carbocycles. The van der Waals surface area contributed by atoms with Gasteiger partial charge in [-0.25, -0.2) is 4.90 Å². The molecule has 2 N–H and O–H groups in total. The van der Waals surface area contributed by atoms with Gasteiger partial charge < -0.3 is 10.4 Å². The number of phenols is 1. The maximum Gasteiger partial charge on any atom is 0.265 e. The Bertz CT molecular complexity index is 1230. The number of benzene rings is 3. The van der Waals surface area contributed by atoms with E-state index in [-0.39, 0.29) is 17.6 Å². The van der Waals surface area contributed by atoms with Crippen LogP contribution in [-0.4, -0.2) is 23.5 Å². The first-order chi connectivity index (χ1) is 19.1. The van der Waals surface area contributed by atoms with Gasteiger partial charge in [0, 0.05) is 40.2 Å². The lowest BCUT2D eigenvalue weighted by Crippen LogP contribution is -2.40. The number of unbranched alkanes of at least 4 members (excludes halogenated alkanes) is 13. The van der Waals surface area contributed by atoms with Crippen LogP contribution in [0.25, 0.3) is 10.8 Å². The van der Waals surface area contributed by atoms with Crippen molar-refractivity contribution >= 4 is 34.0 Å². The summed E-state index contributed by atoms with van der Waals surface area (Å²) in [6, 6.07) is 15.6. The average Bonchev–Trinajstić information content (AvgIpc) is 2.94. The van der Waals surface area contributed by atoms with E-state index in [2.05, 4.69) is 12.2 Å². The Morgan fingerprint density at radius 2 is 1.23 bits per heavy atom. The van der Waals surface area contributed by atoms with Gasteiger partial charge in [-0.05, 0) is 36.8 Å². The first-order valence-corrected chi connectivity index (χ1v) is 15.1. The van der Waals surface area contributed by atoms with Crippen molar-refractivity contribution in [2.75, 3.05) is 16.8 Å². The summed E-state index contributed by atoms with van der Waals surface area (Å²) in [7, 11) is 0. The van der Waals surface area contributed by atoms with Gasteiger partial charge in [0.1, 0.15) is 5.75 Å². The maximum atomic E-state index is 13.3. The molecule has 1 heterocycles. The Kier molecular flexibility index (Phi) is 10.8. The Morgan fingerprint density at radius 1 is 0.667 bits per heavy atom. The van der Waals surface area contributed by atoms with Crippen molar-refractivity contribution in [2.45, 2.75) is 96.8 Å². The highest BCUT2D eigenvalue weighted by molar-refractivity contribution is 6.36. The van der Waals surface area contributed by atoms with Crippen molar-refractivity contribution in [3.8, 4) is 5.75 Å². The zero-order chi connectivity index (χ0) is 27.5. The fraction of sp³-hybridized carbons (Fsp3) is 0.471. The second-order valence-electron chi connectivity index (χ2n) is 10.9. The van der Waals surface area contributed by atoms with Gasteiger partial charge in [0.05, 0.1) is 5.69 Å². The van der Waals surface area contributed by atoms with E-state index >= 15 is 0 Å². The molecule has 0 fully saturated rings. The minimum atomic E-state index is -0.368. The molecule has 3 aromatic rings. The van der Waals surface area contributed by atoms with Crippen LogP contribution in [0.3, 0.4) is 0 Å². The van der Waals surface area contributed by atoms with Crippen LogP contribution in [0.15, 0.2) is 54.6 Å². The molecule has 0 unspecified atom stereocenters. The molecule has 0 atom stereocenters. The minimum Gasteiger partial charge on any atom is -0.508 e. The Morgan fingerprint density at radius 3 is 1.85 bits per heavy atom. The van der Waals surface area contributed by atoms with E-state index in [9.17, 15) is 14.7 Å². The highest BCUT2D eigenvalue weighted by atomic mass is 16.3. The van der Waals surface area contributed by atoms with Crippen LogP contribution < -0.4 is 10.2 Å². The summed E-state index contributed by atoms with van der Waals surface area (Å²) < 4.78 is 0. The number of phenolic OH excluding ortho intramolecular Hbond substituents is 1. The molecule has 0 aliphatic carbocycles. The highest BCUT2D eigenvalue weighted by Gasteiger charge is 2.34. The van der Waals surface area contributed by atoms with E-state index in [0.717, 1.165) is 28.9 Å². The topological polar surface area (TPSA) is 69.6 Å². The zero-order valence-electron chi connectivity index (χ0n) is 23.5. The molecule has 5 heteroatoms. The number of carbonyl (C=O) groups is 2. The van der Waals surface area contributed by atoms with E-state index in [1.54, 1.807) is 18.2 Å². The van der Waals surface area contributed by atoms with Gasteiger partial charge in [0.15, 0.2) is 0 Å². The Balaban J connectivity index is 1.22. The predicted molar refractivity (Wildman–Crippen MR) is 162 cm³/mol. The lowest BCUT2D eigenvalue weighted by molar-refractivity contribution is 0.0893. The third-order valence-corrected chi connectivity index (χ3v) is 7.84. The summed E-state index contributed by atoms with van der Waals surface area (Å²) in [5, 5.41) is 15.0. The predicted octanol–water partition coefficient (Wildman–Crippen LogP) is 9.24. The smallest absolute Gasteiger partial charge is 0.265 e. The number of rotatable bonds is 17. The van der Waals surface area contributed by atoms with Crippen LogP contribution in [0.4, 0.5) is 11.4 Å². The highest BCUT2D eigenvalue weighted by Crippen LogP contribution is 2.36. The lowest BCUT2D eigenvalue weighted by atomic mass is 9.92. The van der Waals surface area contributed by atoms with Gasteiger partial charge in [-0.1, -0.05) is 109 Å². The molecule has 0 bridgehead atoms. The summed E-state index contributed by atoms with van der Waals surface area (Å²) in [4.78, 5) is 27.8. The van der Waals surface area contributed by atoms with E-state index in [4.69, 9.17) is 0 Å². The van der Waals surface area contributed by atoms with Gasteiger partial charge in [0.25, 0.3) is 11.8 Å². The molecular formula is C34H44N2O3. The van der Waals surface area contributed by atoms with Gasteiger partial charge in [0.2, 0.25) is 0 Å². The van der Waals surface area contributed by atoms with E-state index in [1.807, 2.05) is 24.3 Å². The van der Waals surface area contributed by atoms with Crippen molar-refractivity contribution in [1.29, 1.82) is 0 Å². The van der Waals surface area contributed by atoms with Crippen LogP contribution in [-0.2, 0) is 0 Å². The second kappa shape index (κ2) is 14.7. The minimum absolute atomic E-state index is 0.0140. The molecule has 208 valence electrons. The molecule has 4 rings (SSSR count). The fourth-order valence-electron chi connectivity index (χ4n) is 5.66. The number of anilines is 2. The first-order valence-electron chi connectivity index (χ1n) is 15.1. The summed E-state index contributed by atoms with van der Waals surface area (Å²) in [5.74, 6) is -0.721. The van der Waals surface area contributed by atoms with Gasteiger partial charge in [-0.15, -0.1) is 0 Å². The Labute approximate surface area is 233 Å². The number of nitrogens with zero attached hydrogens (tertiary/aromatic N) is 1. The van der Waals surface area contributed by atoms with Gasteiger partial charge in [-0.2, -0.15) is 0 Å².